The standard InChI is InChI=1S/C14H26N2O3S2/c1-4-16(5-2)8-6-7-12(3)15-21(18,19)14-9-13(10-17)11-20-14/h9,11-12,15,17H,4-8,10H2,1-3H3. The highest BCUT2D eigenvalue weighted by Crippen LogP contribution is 2.20. The Morgan fingerprint density at radius 2 is 2.05 bits per heavy atom. The maximum Gasteiger partial charge on any atom is 0.250 e. The van der Waals surface area contributed by atoms with Crippen LogP contribution in [-0.4, -0.2) is 44.1 Å². The Labute approximate surface area is 132 Å². The van der Waals surface area contributed by atoms with Crippen molar-refractivity contribution in [2.75, 3.05) is 19.6 Å². The highest BCUT2D eigenvalue weighted by atomic mass is 32.2. The molecule has 1 atom stereocenters. The van der Waals surface area contributed by atoms with Crippen LogP contribution < -0.4 is 4.72 Å². The lowest BCUT2D eigenvalue weighted by Gasteiger charge is -2.19. The van der Waals surface area contributed by atoms with Crippen LogP contribution in [-0.2, 0) is 16.6 Å². The summed E-state index contributed by atoms with van der Waals surface area (Å²) in [5, 5.41) is 10.7. The average molecular weight is 335 g/mol. The Hall–Kier alpha value is -0.470. The van der Waals surface area contributed by atoms with E-state index in [4.69, 9.17) is 5.11 Å². The van der Waals surface area contributed by atoms with E-state index in [1.165, 1.54) is 6.07 Å². The molecule has 7 heteroatoms. The summed E-state index contributed by atoms with van der Waals surface area (Å²) >= 11 is 1.14. The summed E-state index contributed by atoms with van der Waals surface area (Å²) < 4.78 is 27.3. The summed E-state index contributed by atoms with van der Waals surface area (Å²) in [6, 6.07) is 1.43. The van der Waals surface area contributed by atoms with Gasteiger partial charge in [-0.2, -0.15) is 0 Å². The Balaban J connectivity index is 2.47. The van der Waals surface area contributed by atoms with Gasteiger partial charge in [0, 0.05) is 6.04 Å². The quantitative estimate of drug-likeness (QED) is 0.687. The molecular formula is C14H26N2O3S2. The molecule has 1 aromatic rings. The Morgan fingerprint density at radius 1 is 1.38 bits per heavy atom. The Morgan fingerprint density at radius 3 is 2.57 bits per heavy atom. The maximum atomic E-state index is 12.2. The van der Waals surface area contributed by atoms with Gasteiger partial charge in [-0.25, -0.2) is 13.1 Å². The fraction of sp³-hybridized carbons (Fsp3) is 0.714. The number of sulfonamides is 1. The van der Waals surface area contributed by atoms with E-state index in [1.807, 2.05) is 6.92 Å². The summed E-state index contributed by atoms with van der Waals surface area (Å²) in [4.78, 5) is 2.33. The largest absolute Gasteiger partial charge is 0.392 e. The first-order valence-electron chi connectivity index (χ1n) is 7.35. The summed E-state index contributed by atoms with van der Waals surface area (Å²) in [7, 11) is -3.47. The fourth-order valence-corrected chi connectivity index (χ4v) is 4.61. The van der Waals surface area contributed by atoms with E-state index in [-0.39, 0.29) is 16.9 Å². The van der Waals surface area contributed by atoms with E-state index < -0.39 is 10.0 Å². The summed E-state index contributed by atoms with van der Waals surface area (Å²) in [6.45, 7) is 9.06. The molecule has 0 aliphatic heterocycles. The zero-order valence-electron chi connectivity index (χ0n) is 13.0. The lowest BCUT2D eigenvalue weighted by Crippen LogP contribution is -2.33. The van der Waals surface area contributed by atoms with Gasteiger partial charge in [0.2, 0.25) is 10.0 Å². The van der Waals surface area contributed by atoms with Gasteiger partial charge in [-0.05, 0) is 56.4 Å². The molecule has 5 nitrogen and oxygen atoms in total. The number of hydrogen-bond donors (Lipinski definition) is 2. The SMILES string of the molecule is CCN(CC)CCCC(C)NS(=O)(=O)c1cc(CO)cs1. The minimum absolute atomic E-state index is 0.0924. The summed E-state index contributed by atoms with van der Waals surface area (Å²) in [5.74, 6) is 0. The minimum atomic E-state index is -3.47. The zero-order chi connectivity index (χ0) is 15.9. The van der Waals surface area contributed by atoms with E-state index in [1.54, 1.807) is 5.38 Å². The van der Waals surface area contributed by atoms with Crippen molar-refractivity contribution in [2.24, 2.45) is 0 Å². The molecule has 21 heavy (non-hydrogen) atoms. The first-order chi connectivity index (χ1) is 9.92. The molecule has 1 aromatic heterocycles. The van der Waals surface area contributed by atoms with Gasteiger partial charge in [-0.3, -0.25) is 0 Å². The lowest BCUT2D eigenvalue weighted by molar-refractivity contribution is 0.282. The van der Waals surface area contributed by atoms with Gasteiger partial charge in [-0.15, -0.1) is 11.3 Å². The van der Waals surface area contributed by atoms with E-state index >= 15 is 0 Å². The highest BCUT2D eigenvalue weighted by Gasteiger charge is 2.19. The maximum absolute atomic E-state index is 12.2. The van der Waals surface area contributed by atoms with Crippen molar-refractivity contribution < 1.29 is 13.5 Å². The molecule has 0 aromatic carbocycles. The van der Waals surface area contributed by atoms with Crippen LogP contribution in [0.3, 0.4) is 0 Å². The number of nitrogens with one attached hydrogen (secondary N) is 1. The molecule has 1 heterocycles. The third-order valence-electron chi connectivity index (χ3n) is 3.44. The van der Waals surface area contributed by atoms with E-state index in [2.05, 4.69) is 23.5 Å². The lowest BCUT2D eigenvalue weighted by atomic mass is 10.2. The van der Waals surface area contributed by atoms with Crippen molar-refractivity contribution in [3.05, 3.63) is 17.0 Å². The number of hydrogen-bond acceptors (Lipinski definition) is 5. The van der Waals surface area contributed by atoms with E-state index in [0.29, 0.717) is 5.56 Å². The number of aliphatic hydroxyl groups is 1. The third kappa shape index (κ3) is 6.04. The van der Waals surface area contributed by atoms with Crippen molar-refractivity contribution >= 4 is 21.4 Å². The third-order valence-corrected chi connectivity index (χ3v) is 6.52. The van der Waals surface area contributed by atoms with Gasteiger partial charge in [0.1, 0.15) is 4.21 Å². The smallest absolute Gasteiger partial charge is 0.250 e. The molecule has 0 amide bonds. The highest BCUT2D eigenvalue weighted by molar-refractivity contribution is 7.91. The van der Waals surface area contributed by atoms with Crippen LogP contribution in [0.4, 0.5) is 0 Å². The average Bonchev–Trinajstić information content (AvgIpc) is 2.93. The van der Waals surface area contributed by atoms with Gasteiger partial charge in [-0.1, -0.05) is 13.8 Å². The molecule has 122 valence electrons. The topological polar surface area (TPSA) is 69.6 Å². The normalized spacial score (nSPS) is 13.8. The van der Waals surface area contributed by atoms with Crippen molar-refractivity contribution in [3.8, 4) is 0 Å². The molecule has 0 spiro atoms. The molecular weight excluding hydrogens is 308 g/mol. The van der Waals surface area contributed by atoms with Gasteiger partial charge in [0.05, 0.1) is 6.61 Å². The van der Waals surface area contributed by atoms with E-state index in [9.17, 15) is 8.42 Å². The van der Waals surface area contributed by atoms with Crippen LogP contribution in [0, 0.1) is 0 Å². The zero-order valence-corrected chi connectivity index (χ0v) is 14.6. The van der Waals surface area contributed by atoms with Gasteiger partial charge < -0.3 is 10.0 Å². The van der Waals surface area contributed by atoms with Crippen LogP contribution in [0.2, 0.25) is 0 Å². The van der Waals surface area contributed by atoms with Crippen LogP contribution in [0.1, 0.15) is 39.2 Å². The van der Waals surface area contributed by atoms with Crippen molar-refractivity contribution in [1.29, 1.82) is 0 Å². The summed E-state index contributed by atoms with van der Waals surface area (Å²) in [5.41, 5.74) is 0.634. The molecule has 1 unspecified atom stereocenters. The van der Waals surface area contributed by atoms with Gasteiger partial charge >= 0.3 is 0 Å². The van der Waals surface area contributed by atoms with Crippen LogP contribution in [0.25, 0.3) is 0 Å². The number of thiophene rings is 1. The fourth-order valence-electron chi connectivity index (χ4n) is 2.12. The molecule has 0 bridgehead atoms. The monoisotopic (exact) mass is 334 g/mol. The van der Waals surface area contributed by atoms with Crippen molar-refractivity contribution in [2.45, 2.75) is 50.5 Å². The molecule has 1 rings (SSSR count). The summed E-state index contributed by atoms with van der Waals surface area (Å²) in [6.07, 6.45) is 1.78. The van der Waals surface area contributed by atoms with Crippen molar-refractivity contribution in [1.82, 2.24) is 9.62 Å². The second-order valence-electron chi connectivity index (χ2n) is 5.12. The van der Waals surface area contributed by atoms with Crippen LogP contribution in [0.15, 0.2) is 15.7 Å². The molecule has 0 fully saturated rings. The predicted octanol–water partition coefficient (Wildman–Crippen LogP) is 2.03. The number of rotatable bonds is 10. The molecule has 0 radical (unpaired) electrons. The first-order valence-corrected chi connectivity index (χ1v) is 9.72. The number of aliphatic hydroxyl groups excluding tert-OH is 1. The Bertz CT molecular complexity index is 510. The molecule has 0 saturated carbocycles. The Kier molecular flexibility index (Phi) is 7.83. The molecule has 0 aliphatic rings. The van der Waals surface area contributed by atoms with Crippen molar-refractivity contribution in [3.63, 3.8) is 0 Å². The molecule has 0 aliphatic carbocycles. The van der Waals surface area contributed by atoms with E-state index in [0.717, 1.165) is 43.8 Å². The second-order valence-corrected chi connectivity index (χ2v) is 7.98. The first kappa shape index (κ1) is 18.6. The number of nitrogens with zero attached hydrogens (tertiary/aromatic N) is 1. The molecule has 0 saturated heterocycles. The van der Waals surface area contributed by atoms with Crippen LogP contribution in [0.5, 0.6) is 0 Å². The molecule has 2 N–H and O–H groups in total. The predicted molar refractivity (Wildman–Crippen MR) is 87.0 cm³/mol. The minimum Gasteiger partial charge on any atom is -0.392 e. The van der Waals surface area contributed by atoms with Gasteiger partial charge in [0.25, 0.3) is 0 Å². The second kappa shape index (κ2) is 8.85. The van der Waals surface area contributed by atoms with Gasteiger partial charge in [0.15, 0.2) is 0 Å². The van der Waals surface area contributed by atoms with Crippen LogP contribution >= 0.6 is 11.3 Å².